The van der Waals surface area contributed by atoms with Crippen molar-refractivity contribution in [1.29, 1.82) is 0 Å². The Bertz CT molecular complexity index is 1250. The molecule has 0 unspecified atom stereocenters. The van der Waals surface area contributed by atoms with Gasteiger partial charge in [-0.2, -0.15) is 10.2 Å². The van der Waals surface area contributed by atoms with E-state index >= 15 is 0 Å². The molecule has 4 aromatic rings. The third-order valence-electron chi connectivity index (χ3n) is 5.74. The molecule has 33 heavy (non-hydrogen) atoms. The van der Waals surface area contributed by atoms with Crippen molar-refractivity contribution < 1.29 is 14.2 Å². The van der Waals surface area contributed by atoms with Gasteiger partial charge in [0.1, 0.15) is 12.4 Å². The average Bonchev–Trinajstić information content (AvgIpc) is 3.22. The second kappa shape index (κ2) is 9.60. The minimum Gasteiger partial charge on any atom is -0.491 e. The first kappa shape index (κ1) is 21.4. The van der Waals surface area contributed by atoms with Gasteiger partial charge in [-0.15, -0.1) is 5.10 Å². The Labute approximate surface area is 192 Å². The molecule has 1 saturated heterocycles. The van der Waals surface area contributed by atoms with Gasteiger partial charge in [-0.3, -0.25) is 0 Å². The van der Waals surface area contributed by atoms with E-state index in [9.17, 15) is 0 Å². The Kier molecular flexibility index (Phi) is 6.23. The first-order valence-corrected chi connectivity index (χ1v) is 11.3. The quantitative estimate of drug-likeness (QED) is 0.412. The Balaban J connectivity index is 1.70. The molecule has 0 aliphatic carbocycles. The molecule has 1 aliphatic rings. The van der Waals surface area contributed by atoms with E-state index in [0.29, 0.717) is 25.7 Å². The van der Waals surface area contributed by atoms with Crippen LogP contribution in [0, 0.1) is 0 Å². The lowest BCUT2D eigenvalue weighted by Gasteiger charge is -2.30. The van der Waals surface area contributed by atoms with Crippen molar-refractivity contribution in [1.82, 2.24) is 25.3 Å². The number of piperazine rings is 1. The number of rotatable bonds is 8. The van der Waals surface area contributed by atoms with Crippen molar-refractivity contribution in [3.8, 4) is 17.3 Å². The van der Waals surface area contributed by atoms with E-state index in [1.807, 2.05) is 41.9 Å². The molecule has 172 valence electrons. The number of hydrogen-bond acceptors (Lipinski definition) is 8. The topological polar surface area (TPSA) is 86.6 Å². The van der Waals surface area contributed by atoms with Gasteiger partial charge in [0.2, 0.25) is 5.88 Å². The second-order valence-electron chi connectivity index (χ2n) is 7.84. The largest absolute Gasteiger partial charge is 0.491 e. The van der Waals surface area contributed by atoms with E-state index in [0.717, 1.165) is 65.1 Å². The monoisotopic (exact) mass is 448 g/mol. The van der Waals surface area contributed by atoms with Crippen LogP contribution in [0.2, 0.25) is 0 Å². The predicted molar refractivity (Wildman–Crippen MR) is 128 cm³/mol. The summed E-state index contributed by atoms with van der Waals surface area (Å²) in [6.45, 7) is 7.16. The molecule has 2 aromatic heterocycles. The van der Waals surface area contributed by atoms with Crippen LogP contribution >= 0.6 is 0 Å². The van der Waals surface area contributed by atoms with Gasteiger partial charge in [-0.05, 0) is 25.1 Å². The van der Waals surface area contributed by atoms with E-state index < -0.39 is 0 Å². The first-order chi connectivity index (χ1) is 16.3. The molecule has 2 aromatic carbocycles. The first-order valence-electron chi connectivity index (χ1n) is 11.3. The number of benzene rings is 2. The maximum atomic E-state index is 6.04. The molecule has 0 spiro atoms. The van der Waals surface area contributed by atoms with Crippen LogP contribution in [0.1, 0.15) is 6.92 Å². The summed E-state index contributed by atoms with van der Waals surface area (Å²) in [4.78, 5) is 2.36. The predicted octanol–water partition coefficient (Wildman–Crippen LogP) is 2.80. The maximum Gasteiger partial charge on any atom is 0.243 e. The molecule has 0 atom stereocenters. The lowest BCUT2D eigenvalue weighted by Crippen LogP contribution is -2.43. The van der Waals surface area contributed by atoms with Crippen molar-refractivity contribution in [2.45, 2.75) is 6.92 Å². The third kappa shape index (κ3) is 4.29. The Morgan fingerprint density at radius 2 is 1.91 bits per heavy atom. The number of nitrogens with zero attached hydrogens (tertiary/aromatic N) is 5. The van der Waals surface area contributed by atoms with Crippen molar-refractivity contribution in [2.75, 3.05) is 58.0 Å². The third-order valence-corrected chi connectivity index (χ3v) is 5.74. The van der Waals surface area contributed by atoms with Gasteiger partial charge >= 0.3 is 0 Å². The van der Waals surface area contributed by atoms with E-state index in [2.05, 4.69) is 26.5 Å². The molecule has 0 radical (unpaired) electrons. The zero-order valence-electron chi connectivity index (χ0n) is 19.0. The minimum absolute atomic E-state index is 0.473. The van der Waals surface area contributed by atoms with E-state index in [4.69, 9.17) is 19.3 Å². The molecule has 5 rings (SSSR count). The zero-order valence-corrected chi connectivity index (χ0v) is 19.0. The molecule has 0 amide bonds. The van der Waals surface area contributed by atoms with Gasteiger partial charge in [0, 0.05) is 50.8 Å². The maximum absolute atomic E-state index is 6.04. The summed E-state index contributed by atoms with van der Waals surface area (Å²) < 4.78 is 19.1. The normalized spacial score (nSPS) is 14.2. The van der Waals surface area contributed by atoms with Crippen LogP contribution in [0.5, 0.6) is 11.6 Å². The molecule has 1 N–H and O–H groups in total. The van der Waals surface area contributed by atoms with Crippen LogP contribution in [-0.4, -0.2) is 73.1 Å². The number of methoxy groups -OCH3 is 1. The molecule has 3 heterocycles. The number of anilines is 1. The molecule has 9 heteroatoms. The van der Waals surface area contributed by atoms with Crippen LogP contribution in [0.25, 0.3) is 27.5 Å². The SMILES string of the molecule is CCOc1nn(-c2ccc3ccnnc3c2)c2cc(OCCOC)cc(N3CCNCC3)c12. The van der Waals surface area contributed by atoms with Crippen LogP contribution in [-0.2, 0) is 4.74 Å². The van der Waals surface area contributed by atoms with Crippen LogP contribution in [0.15, 0.2) is 42.6 Å². The minimum atomic E-state index is 0.473. The fourth-order valence-corrected chi connectivity index (χ4v) is 4.18. The molecule has 9 nitrogen and oxygen atoms in total. The highest BCUT2D eigenvalue weighted by molar-refractivity contribution is 5.99. The summed E-state index contributed by atoms with van der Waals surface area (Å²) in [6.07, 6.45) is 1.70. The van der Waals surface area contributed by atoms with E-state index in [1.165, 1.54) is 0 Å². The second-order valence-corrected chi connectivity index (χ2v) is 7.84. The molecule has 0 bridgehead atoms. The lowest BCUT2D eigenvalue weighted by molar-refractivity contribution is 0.146. The Hall–Kier alpha value is -3.43. The molecular weight excluding hydrogens is 420 g/mol. The lowest BCUT2D eigenvalue weighted by atomic mass is 10.1. The summed E-state index contributed by atoms with van der Waals surface area (Å²) >= 11 is 0. The smallest absolute Gasteiger partial charge is 0.243 e. The number of fused-ring (bicyclic) bond motifs is 2. The van der Waals surface area contributed by atoms with Gasteiger partial charge in [0.25, 0.3) is 0 Å². The van der Waals surface area contributed by atoms with Gasteiger partial charge in [0.05, 0.1) is 47.2 Å². The van der Waals surface area contributed by atoms with Crippen molar-refractivity contribution in [3.63, 3.8) is 0 Å². The van der Waals surface area contributed by atoms with E-state index in [1.54, 1.807) is 13.3 Å². The summed E-state index contributed by atoms with van der Waals surface area (Å²) in [5, 5.41) is 18.6. The Morgan fingerprint density at radius 3 is 2.73 bits per heavy atom. The van der Waals surface area contributed by atoms with Crippen LogP contribution in [0.3, 0.4) is 0 Å². The molecule has 0 saturated carbocycles. The Morgan fingerprint density at radius 1 is 1.03 bits per heavy atom. The standard InChI is InChI=1S/C24H28N6O3/c1-3-32-24-23-21(29-10-8-25-9-11-29)15-19(33-13-12-31-2)16-22(23)30(28-24)18-5-4-17-6-7-26-27-20(17)14-18/h4-7,14-16,25H,3,8-13H2,1-2H3. The number of ether oxygens (including phenoxy) is 3. The summed E-state index contributed by atoms with van der Waals surface area (Å²) in [5.41, 5.74) is 3.69. The highest BCUT2D eigenvalue weighted by atomic mass is 16.5. The summed E-state index contributed by atoms with van der Waals surface area (Å²) in [6, 6.07) is 12.1. The van der Waals surface area contributed by atoms with Crippen molar-refractivity contribution in [2.24, 2.45) is 0 Å². The van der Waals surface area contributed by atoms with Crippen molar-refractivity contribution in [3.05, 3.63) is 42.6 Å². The zero-order chi connectivity index (χ0) is 22.6. The fourth-order valence-electron chi connectivity index (χ4n) is 4.18. The highest BCUT2D eigenvalue weighted by Gasteiger charge is 2.23. The molecule has 1 aliphatic heterocycles. The molecule has 1 fully saturated rings. The fraction of sp³-hybridized carbons (Fsp3) is 0.375. The average molecular weight is 449 g/mol. The highest BCUT2D eigenvalue weighted by Crippen LogP contribution is 2.39. The summed E-state index contributed by atoms with van der Waals surface area (Å²) in [7, 11) is 1.67. The van der Waals surface area contributed by atoms with Gasteiger partial charge < -0.3 is 24.4 Å². The van der Waals surface area contributed by atoms with E-state index in [-0.39, 0.29) is 0 Å². The van der Waals surface area contributed by atoms with Crippen LogP contribution in [0.4, 0.5) is 5.69 Å². The van der Waals surface area contributed by atoms with Crippen LogP contribution < -0.4 is 19.7 Å². The van der Waals surface area contributed by atoms with Gasteiger partial charge in [-0.25, -0.2) is 4.68 Å². The summed E-state index contributed by atoms with van der Waals surface area (Å²) in [5.74, 6) is 1.39. The van der Waals surface area contributed by atoms with Crippen molar-refractivity contribution >= 4 is 27.5 Å². The number of aromatic nitrogens is 4. The van der Waals surface area contributed by atoms with Gasteiger partial charge in [-0.1, -0.05) is 6.07 Å². The molecular formula is C24H28N6O3. The number of nitrogens with one attached hydrogen (secondary N) is 1. The van der Waals surface area contributed by atoms with Gasteiger partial charge in [0.15, 0.2) is 0 Å². The number of hydrogen-bond donors (Lipinski definition) is 1.